The van der Waals surface area contributed by atoms with Crippen molar-refractivity contribution in [3.8, 4) is 11.5 Å². The molecule has 2 aromatic carbocycles. The van der Waals surface area contributed by atoms with Crippen molar-refractivity contribution in [1.82, 2.24) is 0 Å². The molecule has 0 amide bonds. The third kappa shape index (κ3) is 2.86. The summed E-state index contributed by atoms with van der Waals surface area (Å²) >= 11 is 0. The predicted molar refractivity (Wildman–Crippen MR) is 78.2 cm³/mol. The molecule has 0 heterocycles. The zero-order chi connectivity index (χ0) is 15.8. The van der Waals surface area contributed by atoms with Gasteiger partial charge in [0.05, 0.1) is 0 Å². The van der Waals surface area contributed by atoms with Crippen molar-refractivity contribution in [2.45, 2.75) is 24.2 Å². The van der Waals surface area contributed by atoms with Gasteiger partial charge in [0.1, 0.15) is 16.4 Å². The summed E-state index contributed by atoms with van der Waals surface area (Å²) < 4.78 is 31.7. The van der Waals surface area contributed by atoms with Gasteiger partial charge in [0.2, 0.25) is 0 Å². The summed E-state index contributed by atoms with van der Waals surface area (Å²) in [4.78, 5) is -0.626. The van der Waals surface area contributed by atoms with Gasteiger partial charge in [-0.2, -0.15) is 8.42 Å². The molecule has 0 radical (unpaired) electrons. The Hall–Kier alpha value is -2.05. The van der Waals surface area contributed by atoms with Crippen LogP contribution in [0.3, 0.4) is 0 Å². The zero-order valence-corrected chi connectivity index (χ0v) is 12.4. The molecule has 2 aromatic rings. The molecule has 0 saturated heterocycles. The Balaban J connectivity index is 2.70. The van der Waals surface area contributed by atoms with E-state index in [1.807, 2.05) is 44.2 Å². The first-order valence-corrected chi connectivity index (χ1v) is 7.67. The first-order valence-electron chi connectivity index (χ1n) is 6.23. The maximum Gasteiger partial charge on any atom is 0.298 e. The van der Waals surface area contributed by atoms with Crippen LogP contribution in [0, 0.1) is 0 Å². The topological polar surface area (TPSA) is 94.8 Å². The maximum absolute atomic E-state index is 11.3. The molecule has 0 aliphatic rings. The highest BCUT2D eigenvalue weighted by Gasteiger charge is 2.29. The number of phenolic OH excluding ortho intramolecular Hbond substituents is 2. The van der Waals surface area contributed by atoms with Gasteiger partial charge in [-0.1, -0.05) is 44.2 Å². The molecule has 5 nitrogen and oxygen atoms in total. The Labute approximate surface area is 123 Å². The molecule has 0 saturated carbocycles. The molecule has 0 atom stereocenters. The van der Waals surface area contributed by atoms with Gasteiger partial charge in [0.25, 0.3) is 10.1 Å². The van der Waals surface area contributed by atoms with Gasteiger partial charge in [-0.25, -0.2) is 0 Å². The zero-order valence-electron chi connectivity index (χ0n) is 11.6. The van der Waals surface area contributed by atoms with Crippen molar-refractivity contribution in [3.63, 3.8) is 0 Å². The molecule has 0 bridgehead atoms. The molecule has 0 aliphatic carbocycles. The quantitative estimate of drug-likeness (QED) is 0.758. The molecule has 3 N–H and O–H groups in total. The predicted octanol–water partition coefficient (Wildman–Crippen LogP) is 2.67. The molecule has 2 rings (SSSR count). The van der Waals surface area contributed by atoms with Crippen LogP contribution < -0.4 is 0 Å². The summed E-state index contributed by atoms with van der Waals surface area (Å²) in [5.74, 6) is -0.934. The smallest absolute Gasteiger partial charge is 0.298 e. The van der Waals surface area contributed by atoms with Crippen LogP contribution in [0.15, 0.2) is 47.4 Å². The minimum Gasteiger partial charge on any atom is -0.507 e. The van der Waals surface area contributed by atoms with Crippen molar-refractivity contribution < 1.29 is 23.2 Å². The van der Waals surface area contributed by atoms with E-state index in [0.717, 1.165) is 17.7 Å². The Morgan fingerprint density at radius 2 is 1.52 bits per heavy atom. The molecule has 112 valence electrons. The molecule has 0 unspecified atom stereocenters. The fourth-order valence-corrected chi connectivity index (χ4v) is 2.86. The van der Waals surface area contributed by atoms with Crippen LogP contribution in [0.5, 0.6) is 11.5 Å². The standard InChI is InChI=1S/C15H16O5S/c1-15(2,10-6-4-3-5-7-10)11-8-14(21(18,19)20)13(17)9-12(11)16/h3-9,16-17H,1-2H3,(H,18,19,20). The lowest BCUT2D eigenvalue weighted by Gasteiger charge is -2.27. The summed E-state index contributed by atoms with van der Waals surface area (Å²) in [6.07, 6.45) is 0. The number of rotatable bonds is 3. The van der Waals surface area contributed by atoms with E-state index in [1.165, 1.54) is 0 Å². The van der Waals surface area contributed by atoms with Crippen LogP contribution in [0.4, 0.5) is 0 Å². The second kappa shape index (κ2) is 5.05. The van der Waals surface area contributed by atoms with Gasteiger partial charge >= 0.3 is 0 Å². The van der Waals surface area contributed by atoms with Crippen LogP contribution in [-0.2, 0) is 15.5 Å². The lowest BCUT2D eigenvalue weighted by Crippen LogP contribution is -2.19. The summed E-state index contributed by atoms with van der Waals surface area (Å²) in [6.45, 7) is 3.62. The van der Waals surface area contributed by atoms with Gasteiger partial charge in [0.15, 0.2) is 0 Å². The Morgan fingerprint density at radius 1 is 0.952 bits per heavy atom. The minimum absolute atomic E-state index is 0.242. The average molecular weight is 308 g/mol. The molecule has 0 aliphatic heterocycles. The molecular weight excluding hydrogens is 292 g/mol. The molecule has 0 aromatic heterocycles. The third-order valence-corrected chi connectivity index (χ3v) is 4.41. The summed E-state index contributed by atoms with van der Waals surface area (Å²) in [5.41, 5.74) is 0.435. The largest absolute Gasteiger partial charge is 0.507 e. The van der Waals surface area contributed by atoms with Crippen LogP contribution in [-0.4, -0.2) is 23.2 Å². The highest BCUT2D eigenvalue weighted by Crippen LogP contribution is 2.40. The van der Waals surface area contributed by atoms with Crippen molar-refractivity contribution in [2.24, 2.45) is 0 Å². The second-order valence-electron chi connectivity index (χ2n) is 5.30. The molecule has 21 heavy (non-hydrogen) atoms. The number of hydrogen-bond donors (Lipinski definition) is 3. The minimum atomic E-state index is -4.58. The van der Waals surface area contributed by atoms with Crippen molar-refractivity contribution in [3.05, 3.63) is 53.6 Å². The fourth-order valence-electron chi connectivity index (χ4n) is 2.27. The summed E-state index contributed by atoms with van der Waals surface area (Å²) in [6, 6.07) is 11.2. The van der Waals surface area contributed by atoms with Crippen molar-refractivity contribution in [1.29, 1.82) is 0 Å². The van der Waals surface area contributed by atoms with E-state index in [4.69, 9.17) is 4.55 Å². The Bertz CT molecular complexity index is 764. The molecule has 0 spiro atoms. The van der Waals surface area contributed by atoms with Gasteiger partial charge in [0, 0.05) is 17.0 Å². The lowest BCUT2D eigenvalue weighted by atomic mass is 9.77. The van der Waals surface area contributed by atoms with Crippen molar-refractivity contribution in [2.75, 3.05) is 0 Å². The number of hydrogen-bond acceptors (Lipinski definition) is 4. The van der Waals surface area contributed by atoms with E-state index in [2.05, 4.69) is 0 Å². The van der Waals surface area contributed by atoms with Gasteiger partial charge in [-0.3, -0.25) is 4.55 Å². The highest BCUT2D eigenvalue weighted by atomic mass is 32.2. The number of aromatic hydroxyl groups is 2. The van der Waals surface area contributed by atoms with Crippen molar-refractivity contribution >= 4 is 10.1 Å². The second-order valence-corrected chi connectivity index (χ2v) is 6.69. The van der Waals surface area contributed by atoms with E-state index in [0.29, 0.717) is 5.56 Å². The van der Waals surface area contributed by atoms with E-state index in [9.17, 15) is 18.6 Å². The first-order chi connectivity index (χ1) is 9.64. The van der Waals surface area contributed by atoms with Crippen LogP contribution in [0.1, 0.15) is 25.0 Å². The van der Waals surface area contributed by atoms with Gasteiger partial charge in [-0.05, 0) is 11.6 Å². The summed E-state index contributed by atoms with van der Waals surface area (Å²) in [5, 5.41) is 19.6. The summed E-state index contributed by atoms with van der Waals surface area (Å²) in [7, 11) is -4.58. The molecule has 6 heteroatoms. The Kier molecular flexibility index (Phi) is 3.69. The third-order valence-electron chi connectivity index (χ3n) is 3.52. The molecular formula is C15H16O5S. The maximum atomic E-state index is 11.3. The van der Waals surface area contributed by atoms with Crippen LogP contribution >= 0.6 is 0 Å². The number of phenols is 2. The Morgan fingerprint density at radius 3 is 2.05 bits per heavy atom. The fraction of sp³-hybridized carbons (Fsp3) is 0.200. The van der Waals surface area contributed by atoms with Gasteiger partial charge in [-0.15, -0.1) is 0 Å². The van der Waals surface area contributed by atoms with E-state index in [-0.39, 0.29) is 5.75 Å². The number of benzene rings is 2. The first kappa shape index (κ1) is 15.3. The highest BCUT2D eigenvalue weighted by molar-refractivity contribution is 7.86. The van der Waals surface area contributed by atoms with E-state index >= 15 is 0 Å². The van der Waals surface area contributed by atoms with Crippen LogP contribution in [0.2, 0.25) is 0 Å². The monoisotopic (exact) mass is 308 g/mol. The van der Waals surface area contributed by atoms with E-state index < -0.39 is 26.2 Å². The lowest BCUT2D eigenvalue weighted by molar-refractivity contribution is 0.421. The average Bonchev–Trinajstić information content (AvgIpc) is 2.37. The molecule has 0 fully saturated rings. The van der Waals surface area contributed by atoms with Gasteiger partial charge < -0.3 is 10.2 Å². The van der Waals surface area contributed by atoms with Crippen LogP contribution in [0.25, 0.3) is 0 Å². The normalized spacial score (nSPS) is 12.3. The SMILES string of the molecule is CC(C)(c1ccccc1)c1cc(S(=O)(=O)O)c(O)cc1O. The van der Waals surface area contributed by atoms with E-state index in [1.54, 1.807) is 0 Å².